The molecule has 4 rings (SSSR count). The van der Waals surface area contributed by atoms with Gasteiger partial charge in [0.15, 0.2) is 0 Å². The zero-order chi connectivity index (χ0) is 24.1. The first-order valence-corrected chi connectivity index (χ1v) is 10.2. The van der Waals surface area contributed by atoms with Crippen LogP contribution in [-0.2, 0) is 4.79 Å². The number of likely N-dealkylation sites (tertiary alicyclic amines) is 1. The van der Waals surface area contributed by atoms with Crippen molar-refractivity contribution in [3.63, 3.8) is 0 Å². The molecule has 1 saturated heterocycles. The van der Waals surface area contributed by atoms with E-state index in [-0.39, 0.29) is 23.3 Å². The molecule has 2 fully saturated rings. The maximum absolute atomic E-state index is 12.6. The number of hydrogen-bond donors (Lipinski definition) is 2. The average Bonchev–Trinajstić information content (AvgIpc) is 2.82. The number of carboxylic acids is 1. The predicted octanol–water partition coefficient (Wildman–Crippen LogP) is 2.32. The molecule has 1 spiro atoms. The highest BCUT2D eigenvalue weighted by atomic mass is 19.4. The Kier molecular flexibility index (Phi) is 7.24. The molecule has 12 heteroatoms. The molecule has 3 heterocycles. The molecule has 0 radical (unpaired) electrons. The monoisotopic (exact) mass is 465 g/mol. The second-order valence-corrected chi connectivity index (χ2v) is 7.85. The molecule has 2 aromatic rings. The Morgan fingerprint density at radius 2 is 1.67 bits per heavy atom. The second kappa shape index (κ2) is 9.92. The second-order valence-electron chi connectivity index (χ2n) is 7.85. The standard InChI is InChI=1S/C19H21N5O2.C2HF3O2/c25-17(15-13-21-9-10-22-15)23-16-1-4-19(16)5-11-24(12-6-19)18(26)14-2-7-20-8-3-14;3-2(4,5)1(6)7/h2-3,7-10,13,16H,1,4-6,11-12H2,(H,23,25);(H,6,7). The van der Waals surface area contributed by atoms with Gasteiger partial charge >= 0.3 is 12.1 Å². The van der Waals surface area contributed by atoms with Crippen molar-refractivity contribution in [2.75, 3.05) is 13.1 Å². The summed E-state index contributed by atoms with van der Waals surface area (Å²) < 4.78 is 31.7. The fraction of sp³-hybridized carbons (Fsp3) is 0.429. The summed E-state index contributed by atoms with van der Waals surface area (Å²) in [5, 5.41) is 10.2. The highest BCUT2D eigenvalue weighted by Gasteiger charge is 2.49. The summed E-state index contributed by atoms with van der Waals surface area (Å²) in [4.78, 5) is 47.7. The van der Waals surface area contributed by atoms with Gasteiger partial charge in [-0.3, -0.25) is 19.6 Å². The lowest BCUT2D eigenvalue weighted by Crippen LogP contribution is -2.59. The van der Waals surface area contributed by atoms with E-state index >= 15 is 0 Å². The summed E-state index contributed by atoms with van der Waals surface area (Å²) in [6, 6.07) is 3.65. The van der Waals surface area contributed by atoms with E-state index in [4.69, 9.17) is 9.90 Å². The number of piperidine rings is 1. The molecule has 2 aliphatic rings. The Labute approximate surface area is 187 Å². The van der Waals surface area contributed by atoms with E-state index in [1.165, 1.54) is 12.4 Å². The van der Waals surface area contributed by atoms with Crippen molar-refractivity contribution in [1.82, 2.24) is 25.2 Å². The number of nitrogens with one attached hydrogen (secondary N) is 1. The molecule has 2 aromatic heterocycles. The third-order valence-corrected chi connectivity index (χ3v) is 5.99. The molecule has 33 heavy (non-hydrogen) atoms. The molecule has 2 amide bonds. The molecule has 1 aliphatic heterocycles. The number of carbonyl (C=O) groups is 3. The van der Waals surface area contributed by atoms with E-state index in [2.05, 4.69) is 20.3 Å². The van der Waals surface area contributed by atoms with Gasteiger partial charge in [0, 0.05) is 49.5 Å². The lowest BCUT2D eigenvalue weighted by molar-refractivity contribution is -0.192. The van der Waals surface area contributed by atoms with Crippen LogP contribution in [-0.4, -0.2) is 68.0 Å². The summed E-state index contributed by atoms with van der Waals surface area (Å²) >= 11 is 0. The van der Waals surface area contributed by atoms with Crippen molar-refractivity contribution >= 4 is 17.8 Å². The number of halogens is 3. The normalized spacial score (nSPS) is 19.0. The summed E-state index contributed by atoms with van der Waals surface area (Å²) in [6.45, 7) is 1.44. The fourth-order valence-electron chi connectivity index (χ4n) is 4.00. The summed E-state index contributed by atoms with van der Waals surface area (Å²) in [5.74, 6) is -2.87. The molecule has 1 saturated carbocycles. The van der Waals surface area contributed by atoms with Gasteiger partial charge in [0.2, 0.25) is 0 Å². The lowest BCUT2D eigenvalue weighted by Gasteiger charge is -2.54. The topological polar surface area (TPSA) is 125 Å². The summed E-state index contributed by atoms with van der Waals surface area (Å²) in [6.07, 6.45) is 6.65. The van der Waals surface area contributed by atoms with Gasteiger partial charge in [0.1, 0.15) is 5.69 Å². The number of hydrogen-bond acceptors (Lipinski definition) is 6. The van der Waals surface area contributed by atoms with Crippen LogP contribution in [0.5, 0.6) is 0 Å². The van der Waals surface area contributed by atoms with Gasteiger partial charge in [-0.1, -0.05) is 0 Å². The molecule has 1 atom stereocenters. The van der Waals surface area contributed by atoms with E-state index in [9.17, 15) is 22.8 Å². The minimum Gasteiger partial charge on any atom is -0.475 e. The van der Waals surface area contributed by atoms with Crippen LogP contribution in [0.25, 0.3) is 0 Å². The van der Waals surface area contributed by atoms with Gasteiger partial charge in [-0.2, -0.15) is 13.2 Å². The summed E-state index contributed by atoms with van der Waals surface area (Å²) in [5.41, 5.74) is 1.13. The van der Waals surface area contributed by atoms with E-state index in [1.807, 2.05) is 4.90 Å². The molecule has 1 unspecified atom stereocenters. The van der Waals surface area contributed by atoms with E-state index in [0.29, 0.717) is 11.3 Å². The van der Waals surface area contributed by atoms with Crippen LogP contribution in [0.1, 0.15) is 46.5 Å². The first-order chi connectivity index (χ1) is 15.6. The van der Waals surface area contributed by atoms with Crippen molar-refractivity contribution in [3.8, 4) is 0 Å². The Bertz CT molecular complexity index is 980. The predicted molar refractivity (Wildman–Crippen MR) is 108 cm³/mol. The highest BCUT2D eigenvalue weighted by molar-refractivity contribution is 5.94. The van der Waals surface area contributed by atoms with E-state index < -0.39 is 12.1 Å². The molecular formula is C21H22F3N5O4. The molecule has 0 bridgehead atoms. The number of pyridine rings is 1. The quantitative estimate of drug-likeness (QED) is 0.713. The number of amides is 2. The third-order valence-electron chi connectivity index (χ3n) is 5.99. The Morgan fingerprint density at radius 1 is 1.03 bits per heavy atom. The fourth-order valence-corrected chi connectivity index (χ4v) is 4.00. The zero-order valence-corrected chi connectivity index (χ0v) is 17.5. The van der Waals surface area contributed by atoms with Crippen molar-refractivity contribution in [3.05, 3.63) is 54.4 Å². The SMILES string of the molecule is O=C(NC1CCC12CCN(C(=O)c1ccncc1)CC2)c1cnccn1.O=C(O)C(F)(F)F. The van der Waals surface area contributed by atoms with Crippen molar-refractivity contribution in [2.24, 2.45) is 5.41 Å². The highest BCUT2D eigenvalue weighted by Crippen LogP contribution is 2.49. The number of aliphatic carboxylic acids is 1. The van der Waals surface area contributed by atoms with Crippen LogP contribution in [0, 0.1) is 5.41 Å². The maximum Gasteiger partial charge on any atom is 0.490 e. The van der Waals surface area contributed by atoms with Crippen LogP contribution < -0.4 is 5.32 Å². The molecular weight excluding hydrogens is 443 g/mol. The number of rotatable bonds is 3. The smallest absolute Gasteiger partial charge is 0.475 e. The van der Waals surface area contributed by atoms with Gasteiger partial charge in [0.05, 0.1) is 6.20 Å². The van der Waals surface area contributed by atoms with Gasteiger partial charge < -0.3 is 15.3 Å². The van der Waals surface area contributed by atoms with Crippen LogP contribution in [0.2, 0.25) is 0 Å². The van der Waals surface area contributed by atoms with Crippen LogP contribution in [0.4, 0.5) is 13.2 Å². The lowest BCUT2D eigenvalue weighted by atomic mass is 9.59. The first-order valence-electron chi connectivity index (χ1n) is 10.2. The van der Waals surface area contributed by atoms with E-state index in [1.54, 1.807) is 30.7 Å². The number of carbonyl (C=O) groups excluding carboxylic acids is 2. The molecule has 0 aromatic carbocycles. The Hall–Kier alpha value is -3.57. The largest absolute Gasteiger partial charge is 0.490 e. The first kappa shape index (κ1) is 24.1. The Morgan fingerprint density at radius 3 is 2.15 bits per heavy atom. The van der Waals surface area contributed by atoms with Crippen molar-refractivity contribution in [1.29, 1.82) is 0 Å². The van der Waals surface area contributed by atoms with Gasteiger partial charge in [-0.25, -0.2) is 9.78 Å². The van der Waals surface area contributed by atoms with Crippen molar-refractivity contribution < 1.29 is 32.7 Å². The molecule has 9 nitrogen and oxygen atoms in total. The van der Waals surface area contributed by atoms with Gasteiger partial charge in [0.25, 0.3) is 11.8 Å². The van der Waals surface area contributed by atoms with Crippen molar-refractivity contribution in [2.45, 2.75) is 37.9 Å². The number of nitrogens with zero attached hydrogens (tertiary/aromatic N) is 4. The molecule has 176 valence electrons. The van der Waals surface area contributed by atoms with E-state index in [0.717, 1.165) is 38.8 Å². The zero-order valence-electron chi connectivity index (χ0n) is 17.5. The maximum atomic E-state index is 12.6. The number of carboxylic acid groups (broad SMARTS) is 1. The third kappa shape index (κ3) is 5.82. The van der Waals surface area contributed by atoms with Gasteiger partial charge in [-0.05, 0) is 43.2 Å². The summed E-state index contributed by atoms with van der Waals surface area (Å²) in [7, 11) is 0. The van der Waals surface area contributed by atoms with Gasteiger partial charge in [-0.15, -0.1) is 0 Å². The molecule has 1 aliphatic carbocycles. The number of aromatic nitrogens is 3. The molecule has 2 N–H and O–H groups in total. The Balaban J connectivity index is 0.000000383. The van der Waals surface area contributed by atoms with Crippen LogP contribution in [0.3, 0.4) is 0 Å². The minimum atomic E-state index is -5.08. The number of alkyl halides is 3. The van der Waals surface area contributed by atoms with Crippen LogP contribution >= 0.6 is 0 Å². The minimum absolute atomic E-state index is 0.0571. The average molecular weight is 465 g/mol. The van der Waals surface area contributed by atoms with Crippen LogP contribution in [0.15, 0.2) is 43.1 Å².